The summed E-state index contributed by atoms with van der Waals surface area (Å²) in [5.41, 5.74) is 0. The summed E-state index contributed by atoms with van der Waals surface area (Å²) in [7, 11) is 0. The van der Waals surface area contributed by atoms with E-state index in [9.17, 15) is 0 Å². The summed E-state index contributed by atoms with van der Waals surface area (Å²) in [5.74, 6) is 2.34. The third kappa shape index (κ3) is 7.42. The lowest BCUT2D eigenvalue weighted by Gasteiger charge is -2.39. The van der Waals surface area contributed by atoms with Crippen molar-refractivity contribution in [3.05, 3.63) is 18.7 Å². The van der Waals surface area contributed by atoms with Crippen LogP contribution < -0.4 is 5.32 Å². The monoisotopic (exact) mass is 477 g/mol. The average Bonchev–Trinajstić information content (AvgIpc) is 3.11. The van der Waals surface area contributed by atoms with Gasteiger partial charge in [-0.15, -0.1) is 24.0 Å². The molecule has 150 valence electrons. The van der Waals surface area contributed by atoms with Gasteiger partial charge in [-0.2, -0.15) is 0 Å². The zero-order chi connectivity index (χ0) is 18.1. The number of halogens is 1. The highest BCUT2D eigenvalue weighted by atomic mass is 127. The quantitative estimate of drug-likeness (QED) is 0.270. The van der Waals surface area contributed by atoms with E-state index < -0.39 is 0 Å². The summed E-state index contributed by atoms with van der Waals surface area (Å²) >= 11 is 0. The van der Waals surface area contributed by atoms with Crippen molar-refractivity contribution >= 4 is 29.9 Å². The van der Waals surface area contributed by atoms with Gasteiger partial charge in [0.1, 0.15) is 0 Å². The van der Waals surface area contributed by atoms with Crippen LogP contribution in [0.3, 0.4) is 0 Å². The Morgan fingerprint density at radius 3 is 2.85 bits per heavy atom. The van der Waals surface area contributed by atoms with E-state index in [1.807, 2.05) is 12.5 Å². The minimum absolute atomic E-state index is 0. The van der Waals surface area contributed by atoms with Crippen molar-refractivity contribution in [2.45, 2.75) is 46.6 Å². The number of aliphatic imine (C=N–C) groups is 1. The third-order valence-corrected chi connectivity index (χ3v) is 4.80. The maximum Gasteiger partial charge on any atom is 0.194 e. The van der Waals surface area contributed by atoms with Crippen LogP contribution in [-0.4, -0.2) is 59.8 Å². The molecule has 2 heterocycles. The summed E-state index contributed by atoms with van der Waals surface area (Å²) in [4.78, 5) is 11.4. The Labute approximate surface area is 175 Å². The minimum Gasteiger partial charge on any atom is -0.380 e. The summed E-state index contributed by atoms with van der Waals surface area (Å²) in [6, 6.07) is 0.447. The van der Waals surface area contributed by atoms with Gasteiger partial charge < -0.3 is 19.5 Å². The number of hydrogen-bond donors (Lipinski definition) is 1. The highest BCUT2D eigenvalue weighted by Gasteiger charge is 2.28. The smallest absolute Gasteiger partial charge is 0.194 e. The number of piperidine rings is 1. The molecule has 2 unspecified atom stereocenters. The van der Waals surface area contributed by atoms with Crippen molar-refractivity contribution in [2.75, 3.05) is 39.4 Å². The van der Waals surface area contributed by atoms with Crippen molar-refractivity contribution in [1.82, 2.24) is 19.8 Å². The maximum absolute atomic E-state index is 5.69. The van der Waals surface area contributed by atoms with Crippen LogP contribution in [0.5, 0.6) is 0 Å². The van der Waals surface area contributed by atoms with E-state index in [0.717, 1.165) is 45.0 Å². The molecular weight excluding hydrogens is 441 g/mol. The molecule has 0 saturated carbocycles. The average molecular weight is 477 g/mol. The molecule has 0 spiro atoms. The van der Waals surface area contributed by atoms with Crippen LogP contribution in [0.4, 0.5) is 0 Å². The first-order valence-electron chi connectivity index (χ1n) is 9.70. The molecule has 1 aliphatic heterocycles. The van der Waals surface area contributed by atoms with E-state index in [4.69, 9.17) is 9.73 Å². The summed E-state index contributed by atoms with van der Waals surface area (Å²) < 4.78 is 7.92. The molecule has 1 aromatic rings. The fourth-order valence-corrected chi connectivity index (χ4v) is 3.16. The fourth-order valence-electron chi connectivity index (χ4n) is 3.16. The Hall–Kier alpha value is -0.830. The van der Waals surface area contributed by atoms with Crippen LogP contribution in [0.25, 0.3) is 0 Å². The molecule has 1 saturated heterocycles. The number of hydrogen-bond acceptors (Lipinski definition) is 3. The van der Waals surface area contributed by atoms with Gasteiger partial charge in [0.15, 0.2) is 5.96 Å². The van der Waals surface area contributed by atoms with E-state index in [1.54, 1.807) is 0 Å². The first-order chi connectivity index (χ1) is 12.1. The highest BCUT2D eigenvalue weighted by Crippen LogP contribution is 2.27. The summed E-state index contributed by atoms with van der Waals surface area (Å²) in [6.07, 6.45) is 8.13. The van der Waals surface area contributed by atoms with Crippen molar-refractivity contribution in [2.24, 2.45) is 16.8 Å². The molecule has 1 aromatic heterocycles. The molecule has 2 atom stereocenters. The molecule has 0 aromatic carbocycles. The molecule has 0 bridgehead atoms. The molecule has 6 nitrogen and oxygen atoms in total. The zero-order valence-corrected chi connectivity index (χ0v) is 19.1. The van der Waals surface area contributed by atoms with Crippen LogP contribution in [0.2, 0.25) is 0 Å². The van der Waals surface area contributed by atoms with Crippen LogP contribution in [0.15, 0.2) is 23.7 Å². The van der Waals surface area contributed by atoms with Crippen molar-refractivity contribution in [1.29, 1.82) is 0 Å². The second-order valence-electron chi connectivity index (χ2n) is 7.32. The van der Waals surface area contributed by atoms with Gasteiger partial charge in [-0.05, 0) is 31.6 Å². The summed E-state index contributed by atoms with van der Waals surface area (Å²) in [5, 5.41) is 3.44. The van der Waals surface area contributed by atoms with E-state index in [0.29, 0.717) is 31.0 Å². The van der Waals surface area contributed by atoms with Gasteiger partial charge in [-0.25, -0.2) is 4.98 Å². The third-order valence-electron chi connectivity index (χ3n) is 4.80. The Morgan fingerprint density at radius 2 is 2.19 bits per heavy atom. The number of imidazole rings is 1. The highest BCUT2D eigenvalue weighted by molar-refractivity contribution is 14.0. The van der Waals surface area contributed by atoms with Crippen LogP contribution in [0.1, 0.15) is 46.6 Å². The standard InChI is InChI=1S/C19H35N5O.HI/c1-5-21-19(22-9-13-25-12-7-16(2)3)23-10-6-17(4)18(14-23)24-11-8-20-15-24;/h8,11,15-18H,5-7,9-10,12-14H2,1-4H3,(H,21,22);1H. The number of nitrogens with one attached hydrogen (secondary N) is 1. The molecule has 7 heteroatoms. The SMILES string of the molecule is CCNC(=NCCOCCC(C)C)N1CCC(C)C(n2ccnc2)C1.I. The second kappa shape index (κ2) is 12.5. The zero-order valence-electron chi connectivity index (χ0n) is 16.7. The van der Waals surface area contributed by atoms with Crippen molar-refractivity contribution in [3.8, 4) is 0 Å². The van der Waals surface area contributed by atoms with E-state index in [2.05, 4.69) is 53.7 Å². The largest absolute Gasteiger partial charge is 0.380 e. The Kier molecular flexibility index (Phi) is 11.2. The fraction of sp³-hybridized carbons (Fsp3) is 0.789. The first-order valence-corrected chi connectivity index (χ1v) is 9.70. The molecule has 1 fully saturated rings. The number of aromatic nitrogens is 2. The lowest BCUT2D eigenvalue weighted by Crippen LogP contribution is -2.49. The van der Waals surface area contributed by atoms with Gasteiger partial charge in [-0.3, -0.25) is 4.99 Å². The Bertz CT molecular complexity index is 506. The topological polar surface area (TPSA) is 54.7 Å². The minimum atomic E-state index is 0. The number of likely N-dealkylation sites (tertiary alicyclic amines) is 1. The first kappa shape index (κ1) is 23.2. The molecule has 0 radical (unpaired) electrons. The molecule has 0 aliphatic carbocycles. The van der Waals surface area contributed by atoms with Gasteiger partial charge in [0.25, 0.3) is 0 Å². The van der Waals surface area contributed by atoms with Gasteiger partial charge in [0, 0.05) is 38.6 Å². The number of ether oxygens (including phenoxy) is 1. The molecule has 1 N–H and O–H groups in total. The number of nitrogens with zero attached hydrogens (tertiary/aromatic N) is 4. The van der Waals surface area contributed by atoms with Gasteiger partial charge >= 0.3 is 0 Å². The van der Waals surface area contributed by atoms with Crippen LogP contribution >= 0.6 is 24.0 Å². The van der Waals surface area contributed by atoms with Crippen molar-refractivity contribution in [3.63, 3.8) is 0 Å². The van der Waals surface area contributed by atoms with Crippen molar-refractivity contribution < 1.29 is 4.74 Å². The predicted molar refractivity (Wildman–Crippen MR) is 118 cm³/mol. The Morgan fingerprint density at radius 1 is 1.38 bits per heavy atom. The number of rotatable bonds is 8. The molecule has 26 heavy (non-hydrogen) atoms. The second-order valence-corrected chi connectivity index (χ2v) is 7.32. The molecule has 2 rings (SSSR count). The van der Waals surface area contributed by atoms with Gasteiger partial charge in [0.05, 0.1) is 25.5 Å². The van der Waals surface area contributed by atoms with E-state index >= 15 is 0 Å². The lowest BCUT2D eigenvalue weighted by molar-refractivity contribution is 0.130. The molecule has 0 amide bonds. The van der Waals surface area contributed by atoms with Gasteiger partial charge in [-0.1, -0.05) is 20.8 Å². The van der Waals surface area contributed by atoms with E-state index in [-0.39, 0.29) is 24.0 Å². The van der Waals surface area contributed by atoms with E-state index in [1.165, 1.54) is 0 Å². The predicted octanol–water partition coefficient (Wildman–Crippen LogP) is 3.41. The Balaban J connectivity index is 0.00000338. The molecular formula is C19H36IN5O. The normalized spacial score (nSPS) is 21.0. The van der Waals surface area contributed by atoms with Gasteiger partial charge in [0.2, 0.25) is 0 Å². The van der Waals surface area contributed by atoms with Crippen LogP contribution in [-0.2, 0) is 4.74 Å². The maximum atomic E-state index is 5.69. The van der Waals surface area contributed by atoms with Crippen LogP contribution in [0, 0.1) is 11.8 Å². The molecule has 1 aliphatic rings. The lowest BCUT2D eigenvalue weighted by atomic mass is 9.93. The number of guanidine groups is 1. The summed E-state index contributed by atoms with van der Waals surface area (Å²) in [6.45, 7) is 14.0.